The molecule has 3 heteroatoms. The first kappa shape index (κ1) is 9.93. The number of rotatable bonds is 2. The fraction of sp³-hybridized carbons (Fsp3) is 0.250. The molecular weight excluding hydrogens is 190 g/mol. The van der Waals surface area contributed by atoms with E-state index in [1.54, 1.807) is 4.90 Å². The van der Waals surface area contributed by atoms with Crippen molar-refractivity contribution in [2.45, 2.75) is 13.0 Å². The average Bonchev–Trinajstić information content (AvgIpc) is 2.71. The zero-order valence-corrected chi connectivity index (χ0v) is 8.44. The zero-order chi connectivity index (χ0) is 10.8. The molecule has 2 rings (SSSR count). The number of aliphatic hydroxyl groups excluding tert-OH is 1. The Bertz CT molecular complexity index is 412. The number of aliphatic hydroxyl groups is 1. The summed E-state index contributed by atoms with van der Waals surface area (Å²) in [4.78, 5) is 13.2. The van der Waals surface area contributed by atoms with Crippen LogP contribution in [0.5, 0.6) is 0 Å². The van der Waals surface area contributed by atoms with E-state index in [4.69, 9.17) is 0 Å². The monoisotopic (exact) mass is 203 g/mol. The fourth-order valence-electron chi connectivity index (χ4n) is 2.00. The highest BCUT2D eigenvalue weighted by atomic mass is 16.3. The molecule has 0 spiro atoms. The Morgan fingerprint density at radius 2 is 2.40 bits per heavy atom. The first-order valence-electron chi connectivity index (χ1n) is 4.93. The van der Waals surface area contributed by atoms with Gasteiger partial charge in [0.25, 0.3) is 0 Å². The maximum Gasteiger partial charge on any atom is 0.250 e. The van der Waals surface area contributed by atoms with E-state index in [1.807, 2.05) is 18.2 Å². The number of anilines is 1. The Balaban J connectivity index is 2.48. The first-order valence-corrected chi connectivity index (χ1v) is 4.93. The van der Waals surface area contributed by atoms with E-state index in [0.717, 1.165) is 23.2 Å². The summed E-state index contributed by atoms with van der Waals surface area (Å²) < 4.78 is 0. The number of carbonyl (C=O) groups excluding carboxylic acids is 1. The molecule has 0 saturated heterocycles. The van der Waals surface area contributed by atoms with Crippen molar-refractivity contribution in [2.75, 3.05) is 11.4 Å². The molecule has 0 aromatic heterocycles. The number of hydrogen-bond donors (Lipinski definition) is 1. The third-order valence-electron chi connectivity index (χ3n) is 2.69. The van der Waals surface area contributed by atoms with E-state index in [1.165, 1.54) is 6.08 Å². The molecule has 0 saturated carbocycles. The minimum absolute atomic E-state index is 0.0376. The predicted molar refractivity (Wildman–Crippen MR) is 58.6 cm³/mol. The van der Waals surface area contributed by atoms with Crippen LogP contribution in [0.2, 0.25) is 0 Å². The highest BCUT2D eigenvalue weighted by molar-refractivity contribution is 6.03. The molecule has 1 N–H and O–H groups in total. The summed E-state index contributed by atoms with van der Waals surface area (Å²) in [6, 6.07) is 5.74. The third kappa shape index (κ3) is 1.55. The van der Waals surface area contributed by atoms with Crippen molar-refractivity contribution in [3.8, 4) is 0 Å². The van der Waals surface area contributed by atoms with Gasteiger partial charge in [-0.1, -0.05) is 24.8 Å². The summed E-state index contributed by atoms with van der Waals surface area (Å²) in [6.07, 6.45) is 2.16. The Kier molecular flexibility index (Phi) is 2.56. The van der Waals surface area contributed by atoms with Gasteiger partial charge in [0.05, 0.1) is 12.3 Å². The molecule has 1 aromatic carbocycles. The highest BCUT2D eigenvalue weighted by Crippen LogP contribution is 2.31. The Hall–Kier alpha value is -1.61. The lowest BCUT2D eigenvalue weighted by Gasteiger charge is -2.17. The molecule has 1 aliphatic rings. The van der Waals surface area contributed by atoms with Gasteiger partial charge in [0, 0.05) is 12.1 Å². The number of nitrogens with zero attached hydrogens (tertiary/aromatic N) is 1. The standard InChI is InChI=1S/C12H13NO2/c1-2-11(15)13-7-6-9-4-3-5-10(8-14)12(9)13/h2-5,14H,1,6-8H2. The van der Waals surface area contributed by atoms with Crippen LogP contribution in [0, 0.1) is 0 Å². The maximum absolute atomic E-state index is 11.6. The number of benzene rings is 1. The van der Waals surface area contributed by atoms with Gasteiger partial charge in [-0.3, -0.25) is 4.79 Å². The molecule has 15 heavy (non-hydrogen) atoms. The van der Waals surface area contributed by atoms with Crippen molar-refractivity contribution in [3.05, 3.63) is 42.0 Å². The van der Waals surface area contributed by atoms with Crippen molar-refractivity contribution >= 4 is 11.6 Å². The van der Waals surface area contributed by atoms with Crippen LogP contribution < -0.4 is 4.90 Å². The van der Waals surface area contributed by atoms with Gasteiger partial charge in [-0.2, -0.15) is 0 Å². The molecular formula is C12H13NO2. The molecule has 0 unspecified atom stereocenters. The summed E-state index contributed by atoms with van der Waals surface area (Å²) in [7, 11) is 0. The largest absolute Gasteiger partial charge is 0.392 e. The average molecular weight is 203 g/mol. The normalized spacial score (nSPS) is 13.8. The van der Waals surface area contributed by atoms with Gasteiger partial charge in [0.15, 0.2) is 0 Å². The summed E-state index contributed by atoms with van der Waals surface area (Å²) in [5.74, 6) is -0.102. The minimum Gasteiger partial charge on any atom is -0.392 e. The second-order valence-electron chi connectivity index (χ2n) is 3.53. The lowest BCUT2D eigenvalue weighted by Crippen LogP contribution is -2.27. The highest BCUT2D eigenvalue weighted by Gasteiger charge is 2.24. The van der Waals surface area contributed by atoms with Gasteiger partial charge in [-0.25, -0.2) is 0 Å². The molecule has 0 fully saturated rings. The van der Waals surface area contributed by atoms with Gasteiger partial charge >= 0.3 is 0 Å². The molecule has 1 amide bonds. The van der Waals surface area contributed by atoms with Crippen molar-refractivity contribution < 1.29 is 9.90 Å². The molecule has 78 valence electrons. The second kappa shape index (κ2) is 3.87. The van der Waals surface area contributed by atoms with Crippen molar-refractivity contribution in [1.82, 2.24) is 0 Å². The number of amides is 1. The molecule has 0 aliphatic carbocycles. The number of para-hydroxylation sites is 1. The summed E-state index contributed by atoms with van der Waals surface area (Å²) >= 11 is 0. The number of fused-ring (bicyclic) bond motifs is 1. The molecule has 0 radical (unpaired) electrons. The number of hydrogen-bond acceptors (Lipinski definition) is 2. The van der Waals surface area contributed by atoms with Crippen LogP contribution >= 0.6 is 0 Å². The van der Waals surface area contributed by atoms with Crippen LogP contribution in [-0.2, 0) is 17.8 Å². The number of carbonyl (C=O) groups is 1. The fourth-order valence-corrected chi connectivity index (χ4v) is 2.00. The second-order valence-corrected chi connectivity index (χ2v) is 3.53. The summed E-state index contributed by atoms with van der Waals surface area (Å²) in [5, 5.41) is 9.21. The first-order chi connectivity index (χ1) is 7.27. The molecule has 1 aromatic rings. The van der Waals surface area contributed by atoms with E-state index in [0.29, 0.717) is 6.54 Å². The van der Waals surface area contributed by atoms with Crippen LogP contribution in [0.1, 0.15) is 11.1 Å². The van der Waals surface area contributed by atoms with E-state index in [-0.39, 0.29) is 12.5 Å². The van der Waals surface area contributed by atoms with E-state index in [2.05, 4.69) is 6.58 Å². The summed E-state index contributed by atoms with van der Waals surface area (Å²) in [6.45, 7) is 4.12. The van der Waals surface area contributed by atoms with Crippen LogP contribution in [0.15, 0.2) is 30.9 Å². The van der Waals surface area contributed by atoms with Gasteiger partial charge in [0.1, 0.15) is 0 Å². The van der Waals surface area contributed by atoms with E-state index < -0.39 is 0 Å². The van der Waals surface area contributed by atoms with Gasteiger partial charge in [-0.15, -0.1) is 0 Å². The van der Waals surface area contributed by atoms with Crippen molar-refractivity contribution in [3.63, 3.8) is 0 Å². The van der Waals surface area contributed by atoms with Crippen molar-refractivity contribution in [1.29, 1.82) is 0 Å². The smallest absolute Gasteiger partial charge is 0.250 e. The topological polar surface area (TPSA) is 40.5 Å². The molecule has 1 heterocycles. The van der Waals surface area contributed by atoms with Gasteiger partial charge in [0.2, 0.25) is 5.91 Å². The third-order valence-corrected chi connectivity index (χ3v) is 2.69. The van der Waals surface area contributed by atoms with Gasteiger partial charge in [-0.05, 0) is 18.1 Å². The van der Waals surface area contributed by atoms with Crippen molar-refractivity contribution in [2.24, 2.45) is 0 Å². The van der Waals surface area contributed by atoms with E-state index >= 15 is 0 Å². The SMILES string of the molecule is C=CC(=O)N1CCc2cccc(CO)c21. The van der Waals surface area contributed by atoms with Crippen LogP contribution in [0.4, 0.5) is 5.69 Å². The minimum atomic E-state index is -0.102. The quantitative estimate of drug-likeness (QED) is 0.735. The molecule has 1 aliphatic heterocycles. The molecule has 0 atom stereocenters. The van der Waals surface area contributed by atoms with Crippen LogP contribution in [-0.4, -0.2) is 17.6 Å². The molecule has 3 nitrogen and oxygen atoms in total. The Labute approximate surface area is 88.6 Å². The Morgan fingerprint density at radius 1 is 1.60 bits per heavy atom. The Morgan fingerprint density at radius 3 is 3.07 bits per heavy atom. The zero-order valence-electron chi connectivity index (χ0n) is 8.44. The van der Waals surface area contributed by atoms with Gasteiger partial charge < -0.3 is 10.0 Å². The summed E-state index contributed by atoms with van der Waals surface area (Å²) in [5.41, 5.74) is 2.79. The maximum atomic E-state index is 11.6. The predicted octanol–water partition coefficient (Wildman–Crippen LogP) is 1.25. The van der Waals surface area contributed by atoms with E-state index in [9.17, 15) is 9.90 Å². The lowest BCUT2D eigenvalue weighted by atomic mass is 10.1. The van der Waals surface area contributed by atoms with Crippen LogP contribution in [0.25, 0.3) is 0 Å². The lowest BCUT2D eigenvalue weighted by molar-refractivity contribution is -0.114. The van der Waals surface area contributed by atoms with Crippen LogP contribution in [0.3, 0.4) is 0 Å². The molecule has 0 bridgehead atoms.